The van der Waals surface area contributed by atoms with Gasteiger partial charge in [-0.15, -0.1) is 10.2 Å². The molecule has 1 atom stereocenters. The standard InChI is InChI=1S/C23H38N4O2S3/c1-7-16(4)14-20(28)25-23-27-26-22(32-23)11-13-30-12-10-17(5)31-18(6)24-21(29)15-19(8-2)9-3/h16,19H,5-15H2,1-4H3,(H,24,29)(H,25,27,28). The number of carbonyl (C=O) groups excluding carboxylic acids is 2. The Morgan fingerprint density at radius 2 is 1.75 bits per heavy atom. The largest absolute Gasteiger partial charge is 0.321 e. The van der Waals surface area contributed by atoms with E-state index in [1.807, 2.05) is 11.8 Å². The SMILES string of the molecule is C=C(CCSCCc1nnc(NC(=O)CC(C)CC)s1)SC(=C)NC(=O)CC(CC)CC. The van der Waals surface area contributed by atoms with Crippen LogP contribution in [0.4, 0.5) is 5.13 Å². The van der Waals surface area contributed by atoms with Crippen molar-refractivity contribution in [3.8, 4) is 0 Å². The first-order valence-corrected chi connectivity index (χ1v) is 14.1. The molecule has 0 aromatic carbocycles. The zero-order chi connectivity index (χ0) is 23.9. The molecule has 6 nitrogen and oxygen atoms in total. The molecule has 2 N–H and O–H groups in total. The van der Waals surface area contributed by atoms with E-state index in [1.54, 1.807) is 0 Å². The Morgan fingerprint density at radius 3 is 2.41 bits per heavy atom. The van der Waals surface area contributed by atoms with Gasteiger partial charge >= 0.3 is 0 Å². The van der Waals surface area contributed by atoms with Crippen molar-refractivity contribution < 1.29 is 9.59 Å². The first-order valence-electron chi connectivity index (χ1n) is 11.3. The maximum atomic E-state index is 12.1. The van der Waals surface area contributed by atoms with Crippen LogP contribution in [0.2, 0.25) is 0 Å². The van der Waals surface area contributed by atoms with Crippen LogP contribution in [-0.4, -0.2) is 33.5 Å². The monoisotopic (exact) mass is 498 g/mol. The number of aromatic nitrogens is 2. The minimum absolute atomic E-state index is 0.000704. The third kappa shape index (κ3) is 12.6. The molecular weight excluding hydrogens is 460 g/mol. The van der Waals surface area contributed by atoms with E-state index < -0.39 is 0 Å². The quantitative estimate of drug-likeness (QED) is 0.247. The van der Waals surface area contributed by atoms with E-state index >= 15 is 0 Å². The summed E-state index contributed by atoms with van der Waals surface area (Å²) >= 11 is 4.71. The first-order chi connectivity index (χ1) is 15.3. The van der Waals surface area contributed by atoms with E-state index in [0.717, 1.165) is 53.5 Å². The maximum Gasteiger partial charge on any atom is 0.226 e. The van der Waals surface area contributed by atoms with Crippen molar-refractivity contribution in [2.45, 2.75) is 72.6 Å². The van der Waals surface area contributed by atoms with Crippen molar-refractivity contribution in [3.05, 3.63) is 28.1 Å². The summed E-state index contributed by atoms with van der Waals surface area (Å²) in [5.41, 5.74) is 0. The number of carbonyl (C=O) groups is 2. The number of rotatable bonds is 17. The number of anilines is 1. The second-order valence-electron chi connectivity index (χ2n) is 7.88. The lowest BCUT2D eigenvalue weighted by atomic mass is 9.99. The van der Waals surface area contributed by atoms with Crippen LogP contribution in [0, 0.1) is 11.8 Å². The number of nitrogens with zero attached hydrogens (tertiary/aromatic N) is 2. The molecule has 0 aliphatic rings. The zero-order valence-electron chi connectivity index (χ0n) is 19.9. The number of aryl methyl sites for hydroxylation is 1. The van der Waals surface area contributed by atoms with Crippen molar-refractivity contribution in [1.29, 1.82) is 0 Å². The van der Waals surface area contributed by atoms with E-state index in [4.69, 9.17) is 0 Å². The van der Waals surface area contributed by atoms with Gasteiger partial charge < -0.3 is 10.6 Å². The molecule has 0 saturated heterocycles. The predicted molar refractivity (Wildman–Crippen MR) is 141 cm³/mol. The van der Waals surface area contributed by atoms with Gasteiger partial charge in [-0.05, 0) is 34.7 Å². The van der Waals surface area contributed by atoms with Crippen molar-refractivity contribution in [2.24, 2.45) is 11.8 Å². The van der Waals surface area contributed by atoms with Gasteiger partial charge in [-0.2, -0.15) is 11.8 Å². The minimum atomic E-state index is 0.000704. The summed E-state index contributed by atoms with van der Waals surface area (Å²) in [6, 6.07) is 0. The highest BCUT2D eigenvalue weighted by Crippen LogP contribution is 2.26. The molecule has 180 valence electrons. The molecule has 2 amide bonds. The molecule has 0 radical (unpaired) electrons. The maximum absolute atomic E-state index is 12.1. The Hall–Kier alpha value is -1.32. The minimum Gasteiger partial charge on any atom is -0.321 e. The normalized spacial score (nSPS) is 11.9. The Kier molecular flexibility index (Phi) is 14.6. The molecule has 0 aliphatic heterocycles. The molecule has 1 unspecified atom stereocenters. The number of nitrogens with one attached hydrogen (secondary N) is 2. The molecule has 1 rings (SSSR count). The van der Waals surface area contributed by atoms with E-state index in [1.165, 1.54) is 23.1 Å². The summed E-state index contributed by atoms with van der Waals surface area (Å²) in [4.78, 5) is 25.0. The lowest BCUT2D eigenvalue weighted by molar-refractivity contribution is -0.121. The first kappa shape index (κ1) is 28.7. The van der Waals surface area contributed by atoms with Crippen LogP contribution in [0.3, 0.4) is 0 Å². The van der Waals surface area contributed by atoms with Gasteiger partial charge in [0.2, 0.25) is 16.9 Å². The Balaban J connectivity index is 2.19. The molecule has 0 bridgehead atoms. The summed E-state index contributed by atoms with van der Waals surface area (Å²) < 4.78 is 0. The number of allylic oxidation sites excluding steroid dienone is 1. The second kappa shape index (κ2) is 16.3. The Labute approximate surface area is 205 Å². The van der Waals surface area contributed by atoms with Crippen LogP contribution in [-0.2, 0) is 16.0 Å². The number of hydrogen-bond acceptors (Lipinski definition) is 7. The molecule has 0 fully saturated rings. The van der Waals surface area contributed by atoms with Gasteiger partial charge in [-0.3, -0.25) is 9.59 Å². The van der Waals surface area contributed by atoms with Crippen LogP contribution in [0.15, 0.2) is 23.1 Å². The average molecular weight is 499 g/mol. The van der Waals surface area contributed by atoms with Crippen molar-refractivity contribution in [3.63, 3.8) is 0 Å². The fourth-order valence-electron chi connectivity index (χ4n) is 2.78. The van der Waals surface area contributed by atoms with Crippen LogP contribution in [0.5, 0.6) is 0 Å². The van der Waals surface area contributed by atoms with E-state index in [-0.39, 0.29) is 11.8 Å². The van der Waals surface area contributed by atoms with Gasteiger partial charge in [-0.1, -0.05) is 83.2 Å². The van der Waals surface area contributed by atoms with Gasteiger partial charge in [0.15, 0.2) is 0 Å². The molecular formula is C23H38N4O2S3. The second-order valence-corrected chi connectivity index (χ2v) is 11.4. The molecule has 0 aliphatic carbocycles. The molecule has 1 aromatic heterocycles. The third-order valence-corrected chi connectivity index (χ3v) is 7.83. The number of thioether (sulfide) groups is 2. The fraction of sp³-hybridized carbons (Fsp3) is 0.652. The highest BCUT2D eigenvalue weighted by molar-refractivity contribution is 8.06. The van der Waals surface area contributed by atoms with E-state index in [9.17, 15) is 9.59 Å². The highest BCUT2D eigenvalue weighted by atomic mass is 32.2. The summed E-state index contributed by atoms with van der Waals surface area (Å²) in [7, 11) is 0. The molecule has 0 spiro atoms. The molecule has 9 heteroatoms. The summed E-state index contributed by atoms with van der Waals surface area (Å²) in [5.74, 6) is 2.71. The summed E-state index contributed by atoms with van der Waals surface area (Å²) in [6.45, 7) is 16.4. The van der Waals surface area contributed by atoms with Gasteiger partial charge in [0.1, 0.15) is 5.01 Å². The molecule has 0 saturated carbocycles. The smallest absolute Gasteiger partial charge is 0.226 e. The molecule has 32 heavy (non-hydrogen) atoms. The van der Waals surface area contributed by atoms with Gasteiger partial charge in [0.25, 0.3) is 0 Å². The Bertz CT molecular complexity index is 747. The number of hydrogen-bond donors (Lipinski definition) is 2. The van der Waals surface area contributed by atoms with Crippen LogP contribution in [0.1, 0.15) is 71.2 Å². The van der Waals surface area contributed by atoms with Gasteiger partial charge in [0, 0.05) is 19.3 Å². The van der Waals surface area contributed by atoms with Crippen molar-refractivity contribution in [1.82, 2.24) is 15.5 Å². The highest BCUT2D eigenvalue weighted by Gasteiger charge is 2.12. The van der Waals surface area contributed by atoms with Gasteiger partial charge in [0.05, 0.1) is 5.03 Å². The Morgan fingerprint density at radius 1 is 1.03 bits per heavy atom. The number of amides is 2. The van der Waals surface area contributed by atoms with Crippen LogP contribution >= 0.6 is 34.9 Å². The van der Waals surface area contributed by atoms with E-state index in [2.05, 4.69) is 61.7 Å². The van der Waals surface area contributed by atoms with Crippen LogP contribution in [0.25, 0.3) is 0 Å². The van der Waals surface area contributed by atoms with Crippen molar-refractivity contribution >= 4 is 51.8 Å². The zero-order valence-corrected chi connectivity index (χ0v) is 22.3. The predicted octanol–water partition coefficient (Wildman–Crippen LogP) is 6.24. The average Bonchev–Trinajstić information content (AvgIpc) is 3.18. The summed E-state index contributed by atoms with van der Waals surface area (Å²) in [5, 5.41) is 16.1. The molecule has 1 heterocycles. The third-order valence-electron chi connectivity index (χ3n) is 5.10. The fourth-order valence-corrected chi connectivity index (χ4v) is 5.44. The molecule has 1 aromatic rings. The summed E-state index contributed by atoms with van der Waals surface area (Å²) in [6.07, 6.45) is 5.74. The van der Waals surface area contributed by atoms with Crippen molar-refractivity contribution in [2.75, 3.05) is 16.8 Å². The van der Waals surface area contributed by atoms with Crippen LogP contribution < -0.4 is 10.6 Å². The lowest BCUT2D eigenvalue weighted by Gasteiger charge is -2.13. The topological polar surface area (TPSA) is 84.0 Å². The van der Waals surface area contributed by atoms with Gasteiger partial charge in [-0.25, -0.2) is 0 Å². The van der Waals surface area contributed by atoms with E-state index in [0.29, 0.717) is 34.8 Å². The lowest BCUT2D eigenvalue weighted by Crippen LogP contribution is -2.23.